The van der Waals surface area contributed by atoms with Crippen LogP contribution in [0.5, 0.6) is 0 Å². The third kappa shape index (κ3) is 4.36. The van der Waals surface area contributed by atoms with Gasteiger partial charge < -0.3 is 10.6 Å². The van der Waals surface area contributed by atoms with E-state index in [2.05, 4.69) is 41.7 Å². The van der Waals surface area contributed by atoms with Gasteiger partial charge >= 0.3 is 0 Å². The maximum absolute atomic E-state index is 12.7. The number of hydrogen-bond acceptors (Lipinski definition) is 5. The number of benzene rings is 1. The van der Waals surface area contributed by atoms with Gasteiger partial charge in [0.15, 0.2) is 5.65 Å². The first kappa shape index (κ1) is 19.3. The van der Waals surface area contributed by atoms with Crippen LogP contribution in [0.4, 0.5) is 11.4 Å². The number of H-pyrrole nitrogens is 1. The lowest BCUT2D eigenvalue weighted by Crippen LogP contribution is -2.18. The van der Waals surface area contributed by atoms with Crippen LogP contribution in [0, 0.1) is 6.92 Å². The molecular weight excluding hydrogens is 454 g/mol. The first-order chi connectivity index (χ1) is 14.0. The number of aromatic nitrogens is 3. The smallest absolute Gasteiger partial charge is 0.267 e. The summed E-state index contributed by atoms with van der Waals surface area (Å²) in [5.74, 6) is -0.488. The molecule has 0 atom stereocenters. The molecule has 0 aliphatic carbocycles. The maximum Gasteiger partial charge on any atom is 0.267 e. The SMILES string of the molecule is Cc1[nH]nc2ncc(NC(=O)c3sccc3NC(=O)Cc3ccc(Br)cc3)cc12. The molecule has 0 bridgehead atoms. The van der Waals surface area contributed by atoms with Crippen LogP contribution in [0.2, 0.25) is 0 Å². The van der Waals surface area contributed by atoms with Crippen molar-refractivity contribution < 1.29 is 9.59 Å². The largest absolute Gasteiger partial charge is 0.324 e. The molecule has 0 aliphatic rings. The number of halogens is 1. The Morgan fingerprint density at radius 3 is 2.76 bits per heavy atom. The summed E-state index contributed by atoms with van der Waals surface area (Å²) >= 11 is 4.64. The first-order valence-corrected chi connectivity index (χ1v) is 10.4. The summed E-state index contributed by atoms with van der Waals surface area (Å²) in [6, 6.07) is 11.1. The van der Waals surface area contributed by atoms with E-state index < -0.39 is 0 Å². The van der Waals surface area contributed by atoms with Crippen LogP contribution in [-0.2, 0) is 11.2 Å². The zero-order valence-corrected chi connectivity index (χ0v) is 17.7. The van der Waals surface area contributed by atoms with Crippen LogP contribution in [0.15, 0.2) is 52.4 Å². The van der Waals surface area contributed by atoms with Gasteiger partial charge in [-0.2, -0.15) is 5.10 Å². The molecular formula is C20H16BrN5O2S. The summed E-state index contributed by atoms with van der Waals surface area (Å²) in [6.07, 6.45) is 1.78. The maximum atomic E-state index is 12.7. The molecule has 4 aromatic rings. The molecule has 0 unspecified atom stereocenters. The van der Waals surface area contributed by atoms with E-state index in [1.165, 1.54) is 11.3 Å². The Bertz CT molecular complexity index is 1200. The average Bonchev–Trinajstić information content (AvgIpc) is 3.30. The highest BCUT2D eigenvalue weighted by Gasteiger charge is 2.16. The molecule has 146 valence electrons. The van der Waals surface area contributed by atoms with E-state index in [4.69, 9.17) is 0 Å². The predicted octanol–water partition coefficient (Wildman–Crippen LogP) is 4.52. The second-order valence-electron chi connectivity index (χ2n) is 6.41. The number of carbonyl (C=O) groups excluding carboxylic acids is 2. The quantitative estimate of drug-likeness (QED) is 0.399. The normalized spacial score (nSPS) is 10.8. The van der Waals surface area contributed by atoms with Crippen molar-refractivity contribution in [3.8, 4) is 0 Å². The number of hydrogen-bond donors (Lipinski definition) is 3. The fraction of sp³-hybridized carbons (Fsp3) is 0.100. The number of nitrogens with zero attached hydrogens (tertiary/aromatic N) is 2. The van der Waals surface area contributed by atoms with Crippen LogP contribution in [0.25, 0.3) is 11.0 Å². The lowest BCUT2D eigenvalue weighted by atomic mass is 10.1. The van der Waals surface area contributed by atoms with Crippen molar-refractivity contribution in [1.82, 2.24) is 15.2 Å². The van der Waals surface area contributed by atoms with Crippen LogP contribution in [-0.4, -0.2) is 27.0 Å². The number of amides is 2. The Kier molecular flexibility index (Phi) is 5.41. The Morgan fingerprint density at radius 1 is 1.17 bits per heavy atom. The van der Waals surface area contributed by atoms with Crippen molar-refractivity contribution in [3.05, 3.63) is 68.6 Å². The van der Waals surface area contributed by atoms with Crippen molar-refractivity contribution in [1.29, 1.82) is 0 Å². The van der Waals surface area contributed by atoms with E-state index in [9.17, 15) is 9.59 Å². The minimum Gasteiger partial charge on any atom is -0.324 e. The average molecular weight is 470 g/mol. The Labute approximate surface area is 178 Å². The summed E-state index contributed by atoms with van der Waals surface area (Å²) in [5.41, 5.74) is 3.41. The predicted molar refractivity (Wildman–Crippen MR) is 117 cm³/mol. The molecule has 9 heteroatoms. The van der Waals surface area contributed by atoms with Crippen LogP contribution >= 0.6 is 27.3 Å². The van der Waals surface area contributed by atoms with E-state index in [0.717, 1.165) is 21.1 Å². The van der Waals surface area contributed by atoms with Gasteiger partial charge in [-0.3, -0.25) is 14.7 Å². The van der Waals surface area contributed by atoms with Gasteiger partial charge in [0.25, 0.3) is 5.91 Å². The van der Waals surface area contributed by atoms with Gasteiger partial charge in [0, 0.05) is 15.6 Å². The number of nitrogens with one attached hydrogen (secondary N) is 3. The Balaban J connectivity index is 1.46. The van der Waals surface area contributed by atoms with Crippen molar-refractivity contribution in [3.63, 3.8) is 0 Å². The zero-order valence-electron chi connectivity index (χ0n) is 15.3. The third-order valence-electron chi connectivity index (χ3n) is 4.28. The number of fused-ring (bicyclic) bond motifs is 1. The zero-order chi connectivity index (χ0) is 20.4. The van der Waals surface area contributed by atoms with Gasteiger partial charge in [0.2, 0.25) is 5.91 Å². The molecule has 3 aromatic heterocycles. The van der Waals surface area contributed by atoms with Gasteiger partial charge in [0.1, 0.15) is 4.88 Å². The molecule has 0 fully saturated rings. The summed E-state index contributed by atoms with van der Waals surface area (Å²) in [6.45, 7) is 1.89. The molecule has 0 aliphatic heterocycles. The van der Waals surface area contributed by atoms with E-state index >= 15 is 0 Å². The fourth-order valence-corrected chi connectivity index (χ4v) is 3.85. The molecule has 3 heterocycles. The Morgan fingerprint density at radius 2 is 1.97 bits per heavy atom. The van der Waals surface area contributed by atoms with Crippen LogP contribution in [0.1, 0.15) is 20.9 Å². The molecule has 1 aromatic carbocycles. The monoisotopic (exact) mass is 469 g/mol. The number of aromatic amines is 1. The van der Waals surface area contributed by atoms with Crippen molar-refractivity contribution in [2.75, 3.05) is 10.6 Å². The highest BCUT2D eigenvalue weighted by Crippen LogP contribution is 2.25. The van der Waals surface area contributed by atoms with Crippen LogP contribution in [0.3, 0.4) is 0 Å². The molecule has 2 amide bonds. The van der Waals surface area contributed by atoms with E-state index in [1.807, 2.05) is 37.3 Å². The summed E-state index contributed by atoms with van der Waals surface area (Å²) in [5, 5.41) is 15.2. The lowest BCUT2D eigenvalue weighted by molar-refractivity contribution is -0.115. The summed E-state index contributed by atoms with van der Waals surface area (Å²) < 4.78 is 0.955. The summed E-state index contributed by atoms with van der Waals surface area (Å²) in [4.78, 5) is 29.8. The second kappa shape index (κ2) is 8.14. The van der Waals surface area contributed by atoms with Gasteiger partial charge in [-0.1, -0.05) is 28.1 Å². The van der Waals surface area contributed by atoms with E-state index in [-0.39, 0.29) is 18.2 Å². The highest BCUT2D eigenvalue weighted by atomic mass is 79.9. The second-order valence-corrected chi connectivity index (χ2v) is 8.24. The molecule has 0 saturated carbocycles. The topological polar surface area (TPSA) is 99.8 Å². The molecule has 29 heavy (non-hydrogen) atoms. The molecule has 7 nitrogen and oxygen atoms in total. The molecule has 0 spiro atoms. The number of carbonyl (C=O) groups is 2. The fourth-order valence-electron chi connectivity index (χ4n) is 2.84. The van der Waals surface area contributed by atoms with Crippen molar-refractivity contribution >= 4 is 61.5 Å². The third-order valence-corrected chi connectivity index (χ3v) is 5.72. The highest BCUT2D eigenvalue weighted by molar-refractivity contribution is 9.10. The van der Waals surface area contributed by atoms with E-state index in [0.29, 0.717) is 21.9 Å². The van der Waals surface area contributed by atoms with Gasteiger partial charge in [0.05, 0.1) is 24.0 Å². The van der Waals surface area contributed by atoms with Crippen molar-refractivity contribution in [2.45, 2.75) is 13.3 Å². The lowest BCUT2D eigenvalue weighted by Gasteiger charge is -2.08. The number of rotatable bonds is 5. The van der Waals surface area contributed by atoms with Crippen molar-refractivity contribution in [2.24, 2.45) is 0 Å². The minimum atomic E-state index is -0.304. The first-order valence-electron chi connectivity index (χ1n) is 8.73. The molecule has 4 rings (SSSR count). The van der Waals surface area contributed by atoms with Gasteiger partial charge in [-0.25, -0.2) is 4.98 Å². The number of thiophene rings is 1. The van der Waals surface area contributed by atoms with Gasteiger partial charge in [-0.15, -0.1) is 11.3 Å². The number of aryl methyl sites for hydroxylation is 1. The van der Waals surface area contributed by atoms with Gasteiger partial charge in [-0.05, 0) is 42.1 Å². The number of anilines is 2. The van der Waals surface area contributed by atoms with E-state index in [1.54, 1.807) is 17.6 Å². The minimum absolute atomic E-state index is 0.183. The molecule has 3 N–H and O–H groups in total. The molecule has 0 saturated heterocycles. The Hall–Kier alpha value is -3.04. The molecule has 0 radical (unpaired) electrons. The number of pyridine rings is 1. The standard InChI is InChI=1S/C20H16BrN5O2S/c1-11-15-9-14(10-22-19(15)26-25-11)23-20(28)18-16(6-7-29-18)24-17(27)8-12-2-4-13(21)5-3-12/h2-7,9-10H,8H2,1H3,(H,23,28)(H,24,27)(H,22,25,26). The summed E-state index contributed by atoms with van der Waals surface area (Å²) in [7, 11) is 0. The van der Waals surface area contributed by atoms with Crippen LogP contribution < -0.4 is 10.6 Å².